The summed E-state index contributed by atoms with van der Waals surface area (Å²) in [5, 5.41) is 2.65. The molecule has 1 N–H and O–H groups in total. The lowest BCUT2D eigenvalue weighted by atomic mass is 10.1. The highest BCUT2D eigenvalue weighted by molar-refractivity contribution is 5.97. The van der Waals surface area contributed by atoms with E-state index in [4.69, 9.17) is 4.74 Å². The van der Waals surface area contributed by atoms with Crippen molar-refractivity contribution < 1.29 is 18.7 Å². The van der Waals surface area contributed by atoms with Gasteiger partial charge in [-0.1, -0.05) is 31.2 Å². The summed E-state index contributed by atoms with van der Waals surface area (Å²) in [6.07, 6.45) is -0.127. The van der Waals surface area contributed by atoms with Crippen molar-refractivity contribution >= 4 is 17.6 Å². The molecule has 2 aromatic rings. The largest absolute Gasteiger partial charge is 0.449 e. The number of halogens is 1. The topological polar surface area (TPSA) is 55.4 Å². The predicted octanol–water partition coefficient (Wildman–Crippen LogP) is 3.57. The number of amides is 1. The SMILES string of the molecule is CCc1ccc(NC(=O)C(C)OC(=O)c2ccccc2F)cc1. The van der Waals surface area contributed by atoms with Gasteiger partial charge < -0.3 is 10.1 Å². The van der Waals surface area contributed by atoms with Crippen LogP contribution in [0.1, 0.15) is 29.8 Å². The molecular formula is C18H18FNO3. The van der Waals surface area contributed by atoms with Gasteiger partial charge in [0.1, 0.15) is 5.82 Å². The van der Waals surface area contributed by atoms with Crippen LogP contribution in [0.15, 0.2) is 48.5 Å². The zero-order valence-electron chi connectivity index (χ0n) is 13.0. The first kappa shape index (κ1) is 16.7. The van der Waals surface area contributed by atoms with Crippen LogP contribution in [0.4, 0.5) is 10.1 Å². The molecule has 0 aromatic heterocycles. The van der Waals surface area contributed by atoms with E-state index in [1.54, 1.807) is 12.1 Å². The van der Waals surface area contributed by atoms with Crippen molar-refractivity contribution in [3.05, 3.63) is 65.5 Å². The number of esters is 1. The van der Waals surface area contributed by atoms with Crippen LogP contribution in [0.2, 0.25) is 0 Å². The summed E-state index contributed by atoms with van der Waals surface area (Å²) in [5.74, 6) is -2.02. The molecular weight excluding hydrogens is 297 g/mol. The van der Waals surface area contributed by atoms with Crippen LogP contribution in [0.5, 0.6) is 0 Å². The summed E-state index contributed by atoms with van der Waals surface area (Å²) in [4.78, 5) is 23.9. The van der Waals surface area contributed by atoms with Crippen LogP contribution in [-0.4, -0.2) is 18.0 Å². The van der Waals surface area contributed by atoms with Crippen molar-refractivity contribution in [2.24, 2.45) is 0 Å². The molecule has 1 unspecified atom stereocenters. The van der Waals surface area contributed by atoms with Gasteiger partial charge in [0.15, 0.2) is 6.10 Å². The van der Waals surface area contributed by atoms with Gasteiger partial charge in [-0.05, 0) is 43.2 Å². The third kappa shape index (κ3) is 4.39. The summed E-state index contributed by atoms with van der Waals surface area (Å²) in [7, 11) is 0. The molecule has 0 aliphatic heterocycles. The lowest BCUT2D eigenvalue weighted by Crippen LogP contribution is -2.30. The molecule has 0 saturated heterocycles. The Hall–Kier alpha value is -2.69. The molecule has 0 aliphatic rings. The smallest absolute Gasteiger partial charge is 0.341 e. The van der Waals surface area contributed by atoms with E-state index in [0.717, 1.165) is 18.1 Å². The molecule has 0 bridgehead atoms. The summed E-state index contributed by atoms with van der Waals surface area (Å²) >= 11 is 0. The normalized spacial score (nSPS) is 11.6. The molecule has 0 radical (unpaired) electrons. The Morgan fingerprint density at radius 2 is 1.78 bits per heavy atom. The van der Waals surface area contributed by atoms with Crippen LogP contribution < -0.4 is 5.32 Å². The number of hydrogen-bond acceptors (Lipinski definition) is 3. The standard InChI is InChI=1S/C18H18FNO3/c1-3-13-8-10-14(11-9-13)20-17(21)12(2)23-18(22)15-6-4-5-7-16(15)19/h4-12H,3H2,1-2H3,(H,20,21). The zero-order chi connectivity index (χ0) is 16.8. The molecule has 5 heteroatoms. The molecule has 0 saturated carbocycles. The Morgan fingerprint density at radius 3 is 2.39 bits per heavy atom. The average Bonchev–Trinajstić information content (AvgIpc) is 2.55. The molecule has 2 rings (SSSR count). The molecule has 1 atom stereocenters. The molecule has 0 fully saturated rings. The number of rotatable bonds is 5. The highest BCUT2D eigenvalue weighted by Gasteiger charge is 2.20. The maximum atomic E-state index is 13.5. The molecule has 0 aliphatic carbocycles. The van der Waals surface area contributed by atoms with Crippen molar-refractivity contribution in [2.75, 3.05) is 5.32 Å². The van der Waals surface area contributed by atoms with Crippen LogP contribution in [0, 0.1) is 5.82 Å². The lowest BCUT2D eigenvalue weighted by Gasteiger charge is -2.14. The second-order valence-corrected chi connectivity index (χ2v) is 5.07. The van der Waals surface area contributed by atoms with E-state index in [-0.39, 0.29) is 5.56 Å². The Morgan fingerprint density at radius 1 is 1.13 bits per heavy atom. The quantitative estimate of drug-likeness (QED) is 0.858. The number of benzene rings is 2. The van der Waals surface area contributed by atoms with E-state index in [9.17, 15) is 14.0 Å². The monoisotopic (exact) mass is 315 g/mol. The molecule has 23 heavy (non-hydrogen) atoms. The minimum atomic E-state index is -1.03. The molecule has 1 amide bonds. The minimum absolute atomic E-state index is 0.195. The highest BCUT2D eigenvalue weighted by Crippen LogP contribution is 2.13. The number of anilines is 1. The third-order valence-corrected chi connectivity index (χ3v) is 3.38. The van der Waals surface area contributed by atoms with Gasteiger partial charge in [-0.2, -0.15) is 0 Å². The van der Waals surface area contributed by atoms with E-state index in [1.165, 1.54) is 25.1 Å². The summed E-state index contributed by atoms with van der Waals surface area (Å²) in [5.41, 5.74) is 1.57. The summed E-state index contributed by atoms with van der Waals surface area (Å²) < 4.78 is 18.5. The first-order valence-electron chi connectivity index (χ1n) is 7.36. The van der Waals surface area contributed by atoms with E-state index < -0.39 is 23.8 Å². The van der Waals surface area contributed by atoms with Crippen molar-refractivity contribution in [3.63, 3.8) is 0 Å². The third-order valence-electron chi connectivity index (χ3n) is 3.38. The molecule has 4 nitrogen and oxygen atoms in total. The van der Waals surface area contributed by atoms with Gasteiger partial charge in [0, 0.05) is 5.69 Å². The fraction of sp³-hybridized carbons (Fsp3) is 0.222. The number of hydrogen-bond donors (Lipinski definition) is 1. The van der Waals surface area contributed by atoms with E-state index in [2.05, 4.69) is 5.32 Å². The molecule has 0 spiro atoms. The maximum Gasteiger partial charge on any atom is 0.341 e. The van der Waals surface area contributed by atoms with Gasteiger partial charge in [-0.3, -0.25) is 4.79 Å². The Bertz CT molecular complexity index is 698. The van der Waals surface area contributed by atoms with Crippen molar-refractivity contribution in [2.45, 2.75) is 26.4 Å². The number of aryl methyl sites for hydroxylation is 1. The Balaban J connectivity index is 1.96. The van der Waals surface area contributed by atoms with Crippen LogP contribution >= 0.6 is 0 Å². The lowest BCUT2D eigenvalue weighted by molar-refractivity contribution is -0.123. The Kier molecular flexibility index (Phi) is 5.46. The number of nitrogens with one attached hydrogen (secondary N) is 1. The van der Waals surface area contributed by atoms with Crippen molar-refractivity contribution in [1.82, 2.24) is 0 Å². The van der Waals surface area contributed by atoms with Gasteiger partial charge in [0.2, 0.25) is 0 Å². The zero-order valence-corrected chi connectivity index (χ0v) is 13.0. The fourth-order valence-electron chi connectivity index (χ4n) is 1.97. The van der Waals surface area contributed by atoms with E-state index in [0.29, 0.717) is 5.69 Å². The second kappa shape index (κ2) is 7.54. The fourth-order valence-corrected chi connectivity index (χ4v) is 1.97. The molecule has 2 aromatic carbocycles. The number of carbonyl (C=O) groups excluding carboxylic acids is 2. The van der Waals surface area contributed by atoms with E-state index in [1.807, 2.05) is 19.1 Å². The van der Waals surface area contributed by atoms with E-state index >= 15 is 0 Å². The summed E-state index contributed by atoms with van der Waals surface area (Å²) in [6.45, 7) is 3.48. The average molecular weight is 315 g/mol. The van der Waals surface area contributed by atoms with Crippen molar-refractivity contribution in [1.29, 1.82) is 0 Å². The van der Waals surface area contributed by atoms with Crippen LogP contribution in [0.3, 0.4) is 0 Å². The second-order valence-electron chi connectivity index (χ2n) is 5.07. The first-order valence-corrected chi connectivity index (χ1v) is 7.36. The predicted molar refractivity (Wildman–Crippen MR) is 85.7 cm³/mol. The summed E-state index contributed by atoms with van der Waals surface area (Å²) in [6, 6.07) is 12.9. The van der Waals surface area contributed by atoms with Crippen LogP contribution in [-0.2, 0) is 16.0 Å². The van der Waals surface area contributed by atoms with Gasteiger partial charge in [-0.25, -0.2) is 9.18 Å². The van der Waals surface area contributed by atoms with Crippen LogP contribution in [0.25, 0.3) is 0 Å². The highest BCUT2D eigenvalue weighted by atomic mass is 19.1. The molecule has 120 valence electrons. The number of ether oxygens (including phenoxy) is 1. The minimum Gasteiger partial charge on any atom is -0.449 e. The van der Waals surface area contributed by atoms with Gasteiger partial charge in [-0.15, -0.1) is 0 Å². The maximum absolute atomic E-state index is 13.5. The van der Waals surface area contributed by atoms with Gasteiger partial charge in [0.25, 0.3) is 5.91 Å². The van der Waals surface area contributed by atoms with Gasteiger partial charge >= 0.3 is 5.97 Å². The first-order chi connectivity index (χ1) is 11.0. The Labute approximate surface area is 134 Å². The molecule has 0 heterocycles. The van der Waals surface area contributed by atoms with Gasteiger partial charge in [0.05, 0.1) is 5.56 Å². The van der Waals surface area contributed by atoms with Crippen molar-refractivity contribution in [3.8, 4) is 0 Å². The number of carbonyl (C=O) groups is 2.